The molecule has 0 aliphatic rings. The summed E-state index contributed by atoms with van der Waals surface area (Å²) in [5, 5.41) is 5.61. The van der Waals surface area contributed by atoms with Crippen molar-refractivity contribution in [1.29, 1.82) is 0 Å². The molecule has 0 saturated heterocycles. The molecule has 5 nitrogen and oxygen atoms in total. The van der Waals surface area contributed by atoms with Gasteiger partial charge in [0, 0.05) is 6.20 Å². The number of hydrogen-bond acceptors (Lipinski definition) is 4. The predicted molar refractivity (Wildman–Crippen MR) is 45.4 cm³/mol. The van der Waals surface area contributed by atoms with Crippen molar-refractivity contribution < 1.29 is 9.53 Å². The second kappa shape index (κ2) is 3.84. The van der Waals surface area contributed by atoms with Gasteiger partial charge in [-0.25, -0.2) is 9.89 Å². The van der Waals surface area contributed by atoms with Gasteiger partial charge in [-0.3, -0.25) is 4.79 Å². The van der Waals surface area contributed by atoms with E-state index in [9.17, 15) is 9.59 Å². The summed E-state index contributed by atoms with van der Waals surface area (Å²) in [5.41, 5.74) is -0.558. The van der Waals surface area contributed by atoms with Crippen LogP contribution >= 0.6 is 0 Å². The minimum atomic E-state index is -0.626. The standard InChI is InChI=1S/C8H10N2O3/c1-5(2)13-8(12)6-3-4-9-10-7(6)11/h3-5H,1-2H3,(H,10,11). The summed E-state index contributed by atoms with van der Waals surface area (Å²) in [6.45, 7) is 3.43. The smallest absolute Gasteiger partial charge is 0.344 e. The number of esters is 1. The van der Waals surface area contributed by atoms with E-state index in [2.05, 4.69) is 10.2 Å². The molecule has 0 bridgehead atoms. The maximum atomic E-state index is 11.2. The molecule has 1 aromatic heterocycles. The molecule has 0 aliphatic heterocycles. The summed E-state index contributed by atoms with van der Waals surface area (Å²) >= 11 is 0. The Kier molecular flexibility index (Phi) is 2.79. The number of carbonyl (C=O) groups is 1. The van der Waals surface area contributed by atoms with Crippen LogP contribution in [0.1, 0.15) is 24.2 Å². The number of nitrogens with zero attached hydrogens (tertiary/aromatic N) is 1. The second-order valence-corrected chi connectivity index (χ2v) is 2.75. The van der Waals surface area contributed by atoms with Crippen LogP contribution in [0.2, 0.25) is 0 Å². The molecule has 0 amide bonds. The zero-order valence-electron chi connectivity index (χ0n) is 7.40. The van der Waals surface area contributed by atoms with E-state index in [1.165, 1.54) is 12.3 Å². The van der Waals surface area contributed by atoms with Crippen molar-refractivity contribution in [1.82, 2.24) is 10.2 Å². The van der Waals surface area contributed by atoms with Crippen LogP contribution in [0.4, 0.5) is 0 Å². The normalized spacial score (nSPS) is 10.1. The Morgan fingerprint density at radius 3 is 2.85 bits per heavy atom. The molecular weight excluding hydrogens is 172 g/mol. The van der Waals surface area contributed by atoms with Gasteiger partial charge in [-0.15, -0.1) is 0 Å². The molecule has 1 N–H and O–H groups in total. The maximum absolute atomic E-state index is 11.2. The lowest BCUT2D eigenvalue weighted by Gasteiger charge is -2.05. The molecule has 0 spiro atoms. The van der Waals surface area contributed by atoms with Gasteiger partial charge < -0.3 is 4.74 Å². The predicted octanol–water partition coefficient (Wildman–Crippen LogP) is 0.335. The maximum Gasteiger partial charge on any atom is 0.344 e. The lowest BCUT2D eigenvalue weighted by Crippen LogP contribution is -2.22. The van der Waals surface area contributed by atoms with Crippen molar-refractivity contribution in [2.45, 2.75) is 20.0 Å². The molecule has 0 aromatic carbocycles. The topological polar surface area (TPSA) is 72.0 Å². The van der Waals surface area contributed by atoms with Gasteiger partial charge >= 0.3 is 5.97 Å². The van der Waals surface area contributed by atoms with E-state index in [0.717, 1.165) is 0 Å². The van der Waals surface area contributed by atoms with Gasteiger partial charge in [0.05, 0.1) is 6.10 Å². The molecule has 1 rings (SSSR count). The summed E-state index contributed by atoms with van der Waals surface area (Å²) in [5.74, 6) is -0.626. The number of aromatic amines is 1. The monoisotopic (exact) mass is 182 g/mol. The van der Waals surface area contributed by atoms with Crippen LogP contribution in [-0.2, 0) is 4.74 Å². The van der Waals surface area contributed by atoms with Gasteiger partial charge in [-0.1, -0.05) is 0 Å². The number of nitrogens with one attached hydrogen (secondary N) is 1. The summed E-state index contributed by atoms with van der Waals surface area (Å²) in [6.07, 6.45) is 1.10. The lowest BCUT2D eigenvalue weighted by molar-refractivity contribution is 0.0375. The molecule has 0 unspecified atom stereocenters. The number of hydrogen-bond donors (Lipinski definition) is 1. The van der Waals surface area contributed by atoms with Crippen molar-refractivity contribution >= 4 is 5.97 Å². The van der Waals surface area contributed by atoms with E-state index in [1.807, 2.05) is 0 Å². The fraction of sp³-hybridized carbons (Fsp3) is 0.375. The highest BCUT2D eigenvalue weighted by molar-refractivity contribution is 5.88. The first-order chi connectivity index (χ1) is 6.11. The van der Waals surface area contributed by atoms with Crippen molar-refractivity contribution in [3.8, 4) is 0 Å². The Labute approximate surface area is 74.7 Å². The van der Waals surface area contributed by atoms with Gasteiger partial charge in [-0.2, -0.15) is 5.10 Å². The van der Waals surface area contributed by atoms with Gasteiger partial charge in [0.15, 0.2) is 0 Å². The van der Waals surface area contributed by atoms with Crippen LogP contribution in [0.15, 0.2) is 17.1 Å². The first-order valence-corrected chi connectivity index (χ1v) is 3.86. The fourth-order valence-electron chi connectivity index (χ4n) is 0.782. The average Bonchev–Trinajstić information content (AvgIpc) is 2.03. The Balaban J connectivity index is 2.90. The van der Waals surface area contributed by atoms with Gasteiger partial charge in [-0.05, 0) is 19.9 Å². The zero-order valence-corrected chi connectivity index (χ0v) is 7.40. The molecule has 1 aromatic rings. The third kappa shape index (κ3) is 2.40. The summed E-state index contributed by atoms with van der Waals surface area (Å²) < 4.78 is 4.83. The van der Waals surface area contributed by atoms with Crippen LogP contribution in [0.3, 0.4) is 0 Å². The van der Waals surface area contributed by atoms with E-state index < -0.39 is 11.5 Å². The first-order valence-electron chi connectivity index (χ1n) is 3.86. The Morgan fingerprint density at radius 1 is 1.62 bits per heavy atom. The van der Waals surface area contributed by atoms with E-state index in [1.54, 1.807) is 13.8 Å². The van der Waals surface area contributed by atoms with E-state index in [4.69, 9.17) is 4.74 Å². The molecule has 0 fully saturated rings. The molecule has 70 valence electrons. The third-order valence-corrected chi connectivity index (χ3v) is 1.29. The highest BCUT2D eigenvalue weighted by Crippen LogP contribution is 1.96. The number of aromatic nitrogens is 2. The minimum absolute atomic E-state index is 0.0244. The van der Waals surface area contributed by atoms with E-state index in [-0.39, 0.29) is 11.7 Å². The van der Waals surface area contributed by atoms with Gasteiger partial charge in [0.25, 0.3) is 5.56 Å². The van der Waals surface area contributed by atoms with Crippen molar-refractivity contribution in [2.24, 2.45) is 0 Å². The van der Waals surface area contributed by atoms with Crippen molar-refractivity contribution in [2.75, 3.05) is 0 Å². The van der Waals surface area contributed by atoms with Crippen molar-refractivity contribution in [3.63, 3.8) is 0 Å². The highest BCUT2D eigenvalue weighted by atomic mass is 16.5. The molecule has 0 saturated carbocycles. The molecule has 5 heteroatoms. The second-order valence-electron chi connectivity index (χ2n) is 2.75. The third-order valence-electron chi connectivity index (χ3n) is 1.29. The Hall–Kier alpha value is -1.65. The molecule has 1 heterocycles. The van der Waals surface area contributed by atoms with Crippen LogP contribution in [0.25, 0.3) is 0 Å². The lowest BCUT2D eigenvalue weighted by atomic mass is 10.3. The number of ether oxygens (including phenoxy) is 1. The summed E-state index contributed by atoms with van der Waals surface area (Å²) in [6, 6.07) is 1.32. The summed E-state index contributed by atoms with van der Waals surface area (Å²) in [7, 11) is 0. The average molecular weight is 182 g/mol. The Morgan fingerprint density at radius 2 is 2.31 bits per heavy atom. The van der Waals surface area contributed by atoms with E-state index >= 15 is 0 Å². The minimum Gasteiger partial charge on any atom is -0.459 e. The summed E-state index contributed by atoms with van der Waals surface area (Å²) in [4.78, 5) is 22.2. The van der Waals surface area contributed by atoms with Gasteiger partial charge in [0.1, 0.15) is 5.56 Å². The van der Waals surface area contributed by atoms with Crippen LogP contribution in [0.5, 0.6) is 0 Å². The quantitative estimate of drug-likeness (QED) is 0.669. The molecule has 13 heavy (non-hydrogen) atoms. The molecule has 0 aliphatic carbocycles. The molecule has 0 radical (unpaired) electrons. The number of rotatable bonds is 2. The van der Waals surface area contributed by atoms with Crippen LogP contribution in [0, 0.1) is 0 Å². The SMILES string of the molecule is CC(C)OC(=O)c1ccn[nH]c1=O. The first kappa shape index (κ1) is 9.44. The fourth-order valence-corrected chi connectivity index (χ4v) is 0.782. The van der Waals surface area contributed by atoms with Crippen LogP contribution in [-0.4, -0.2) is 22.3 Å². The van der Waals surface area contributed by atoms with E-state index in [0.29, 0.717) is 0 Å². The highest BCUT2D eigenvalue weighted by Gasteiger charge is 2.12. The Bertz CT molecular complexity index is 356. The van der Waals surface area contributed by atoms with Crippen LogP contribution < -0.4 is 5.56 Å². The molecular formula is C8H10N2O3. The number of H-pyrrole nitrogens is 1. The van der Waals surface area contributed by atoms with Crippen molar-refractivity contribution in [3.05, 3.63) is 28.2 Å². The van der Waals surface area contributed by atoms with Gasteiger partial charge in [0.2, 0.25) is 0 Å². The largest absolute Gasteiger partial charge is 0.459 e. The zero-order chi connectivity index (χ0) is 9.84. The number of carbonyl (C=O) groups excluding carboxylic acids is 1. The molecule has 0 atom stereocenters.